The zero-order chi connectivity index (χ0) is 23.7. The maximum Gasteiger partial charge on any atom is 0.291 e. The van der Waals surface area contributed by atoms with E-state index >= 15 is 0 Å². The quantitative estimate of drug-likeness (QED) is 0.286. The first-order valence-electron chi connectivity index (χ1n) is 10.5. The number of furan rings is 1. The van der Waals surface area contributed by atoms with E-state index in [0.717, 1.165) is 16.6 Å². The van der Waals surface area contributed by atoms with Crippen LogP contribution in [0.4, 0.5) is 17.3 Å². The van der Waals surface area contributed by atoms with Crippen LogP contribution in [0.25, 0.3) is 22.2 Å². The van der Waals surface area contributed by atoms with E-state index in [1.165, 1.54) is 0 Å². The lowest BCUT2D eigenvalue weighted by Gasteiger charge is -2.10. The van der Waals surface area contributed by atoms with Crippen molar-refractivity contribution in [2.24, 2.45) is 0 Å². The van der Waals surface area contributed by atoms with Gasteiger partial charge < -0.3 is 15.1 Å². The van der Waals surface area contributed by atoms with Crippen LogP contribution in [0.15, 0.2) is 88.1 Å². The molecule has 2 heterocycles. The van der Waals surface area contributed by atoms with Crippen molar-refractivity contribution in [3.63, 3.8) is 0 Å². The number of halogens is 1. The molecule has 0 fully saturated rings. The van der Waals surface area contributed by atoms with Crippen LogP contribution in [-0.2, 0) is 0 Å². The lowest BCUT2D eigenvalue weighted by atomic mass is 10.1. The van der Waals surface area contributed by atoms with Crippen LogP contribution in [0.5, 0.6) is 0 Å². The van der Waals surface area contributed by atoms with Gasteiger partial charge >= 0.3 is 0 Å². The Balaban J connectivity index is 1.37. The van der Waals surface area contributed by atoms with Gasteiger partial charge in [0.05, 0.1) is 5.69 Å². The molecule has 0 unspecified atom stereocenters. The second-order valence-electron chi connectivity index (χ2n) is 7.70. The maximum atomic E-state index is 12.6. The molecule has 0 aliphatic heterocycles. The number of fused-ring (bicyclic) bond motifs is 1. The number of benzene rings is 3. The third kappa shape index (κ3) is 4.42. The van der Waals surface area contributed by atoms with Crippen LogP contribution in [-0.4, -0.2) is 15.9 Å². The Morgan fingerprint density at radius 2 is 1.68 bits per heavy atom. The highest BCUT2D eigenvalue weighted by molar-refractivity contribution is 6.30. The van der Waals surface area contributed by atoms with Gasteiger partial charge in [0.2, 0.25) is 5.95 Å². The number of nitrogens with one attached hydrogen (secondary N) is 3. The summed E-state index contributed by atoms with van der Waals surface area (Å²) in [6, 6.07) is 23.3. The lowest BCUT2D eigenvalue weighted by molar-refractivity contribution is 0.0998. The Kier molecular flexibility index (Phi) is 5.61. The lowest BCUT2D eigenvalue weighted by Crippen LogP contribution is -2.15. The molecule has 3 N–H and O–H groups in total. The number of aromatic nitrogens is 2. The van der Waals surface area contributed by atoms with Crippen molar-refractivity contribution < 1.29 is 9.21 Å². The first-order chi connectivity index (χ1) is 16.5. The van der Waals surface area contributed by atoms with Gasteiger partial charge in [0.25, 0.3) is 11.5 Å². The van der Waals surface area contributed by atoms with Crippen LogP contribution < -0.4 is 16.2 Å². The molecule has 5 rings (SSSR count). The number of rotatable bonds is 5. The SMILES string of the molecule is Cc1c(-c2ccc(NC(=O)c3cc4ccccc4o3)cc2)nc(Nc2ccc(Cl)cc2)[nH]c1=O. The Morgan fingerprint density at radius 3 is 2.41 bits per heavy atom. The minimum absolute atomic E-state index is 0.232. The molecule has 3 aromatic carbocycles. The van der Waals surface area contributed by atoms with Crippen molar-refractivity contribution >= 4 is 45.8 Å². The van der Waals surface area contributed by atoms with Gasteiger partial charge in [-0.3, -0.25) is 14.6 Å². The number of hydrogen-bond donors (Lipinski definition) is 3. The van der Waals surface area contributed by atoms with Gasteiger partial charge in [0.1, 0.15) is 5.58 Å². The molecule has 0 aliphatic rings. The number of H-pyrrole nitrogens is 1. The van der Waals surface area contributed by atoms with Crippen LogP contribution >= 0.6 is 11.6 Å². The van der Waals surface area contributed by atoms with Crippen LogP contribution in [0.3, 0.4) is 0 Å². The van der Waals surface area contributed by atoms with Gasteiger partial charge in [-0.15, -0.1) is 0 Å². The molecule has 0 spiro atoms. The summed E-state index contributed by atoms with van der Waals surface area (Å²) in [4.78, 5) is 32.4. The zero-order valence-electron chi connectivity index (χ0n) is 18.1. The molecule has 34 heavy (non-hydrogen) atoms. The number of carbonyl (C=O) groups excluding carboxylic acids is 1. The predicted octanol–water partition coefficient (Wildman–Crippen LogP) is 6.14. The highest BCUT2D eigenvalue weighted by Gasteiger charge is 2.14. The Morgan fingerprint density at radius 1 is 0.971 bits per heavy atom. The van der Waals surface area contributed by atoms with Gasteiger partial charge in [0.15, 0.2) is 5.76 Å². The summed E-state index contributed by atoms with van der Waals surface area (Å²) in [6.07, 6.45) is 0. The molecule has 5 aromatic rings. The molecule has 1 amide bonds. The molecule has 0 atom stereocenters. The smallest absolute Gasteiger partial charge is 0.291 e. The third-order valence-corrected chi connectivity index (χ3v) is 5.58. The Labute approximate surface area is 199 Å². The fraction of sp³-hybridized carbons (Fsp3) is 0.0385. The van der Waals surface area contributed by atoms with Gasteiger partial charge in [-0.25, -0.2) is 4.98 Å². The third-order valence-electron chi connectivity index (χ3n) is 5.32. The van der Waals surface area contributed by atoms with Gasteiger partial charge in [0, 0.05) is 32.9 Å². The van der Waals surface area contributed by atoms with E-state index in [4.69, 9.17) is 16.0 Å². The van der Waals surface area contributed by atoms with E-state index in [-0.39, 0.29) is 17.2 Å². The highest BCUT2D eigenvalue weighted by Crippen LogP contribution is 2.25. The zero-order valence-corrected chi connectivity index (χ0v) is 18.8. The molecule has 0 bridgehead atoms. The minimum Gasteiger partial charge on any atom is -0.451 e. The first kappa shape index (κ1) is 21.5. The van der Waals surface area contributed by atoms with Crippen molar-refractivity contribution in [3.05, 3.63) is 106 Å². The number of aromatic amines is 1. The maximum absolute atomic E-state index is 12.6. The minimum atomic E-state index is -0.344. The summed E-state index contributed by atoms with van der Waals surface area (Å²) >= 11 is 5.93. The summed E-state index contributed by atoms with van der Waals surface area (Å²) in [6.45, 7) is 1.71. The van der Waals surface area contributed by atoms with E-state index in [9.17, 15) is 9.59 Å². The van der Waals surface area contributed by atoms with E-state index in [1.807, 2.05) is 24.3 Å². The topological polar surface area (TPSA) is 100 Å². The van der Waals surface area contributed by atoms with Gasteiger partial charge in [-0.05, 0) is 55.5 Å². The molecule has 8 heteroatoms. The second-order valence-corrected chi connectivity index (χ2v) is 8.14. The molecular weight excluding hydrogens is 452 g/mol. The van der Waals surface area contributed by atoms with E-state index in [1.54, 1.807) is 61.5 Å². The number of amides is 1. The summed E-state index contributed by atoms with van der Waals surface area (Å²) < 4.78 is 5.62. The number of para-hydroxylation sites is 1. The summed E-state index contributed by atoms with van der Waals surface area (Å²) in [5.41, 5.74) is 3.51. The van der Waals surface area contributed by atoms with Crippen molar-refractivity contribution in [3.8, 4) is 11.3 Å². The molecule has 0 saturated heterocycles. The molecule has 7 nitrogen and oxygen atoms in total. The molecule has 0 saturated carbocycles. The van der Waals surface area contributed by atoms with Crippen molar-refractivity contribution in [2.75, 3.05) is 10.6 Å². The van der Waals surface area contributed by atoms with E-state index in [0.29, 0.717) is 33.5 Å². The van der Waals surface area contributed by atoms with Crippen LogP contribution in [0, 0.1) is 6.92 Å². The average molecular weight is 471 g/mol. The van der Waals surface area contributed by atoms with Crippen molar-refractivity contribution in [1.82, 2.24) is 9.97 Å². The van der Waals surface area contributed by atoms with Gasteiger partial charge in [-0.2, -0.15) is 0 Å². The second kappa shape index (κ2) is 8.88. The average Bonchev–Trinajstić information content (AvgIpc) is 3.28. The molecule has 2 aromatic heterocycles. The monoisotopic (exact) mass is 470 g/mol. The molecule has 0 aliphatic carbocycles. The first-order valence-corrected chi connectivity index (χ1v) is 10.9. The van der Waals surface area contributed by atoms with Crippen molar-refractivity contribution in [2.45, 2.75) is 6.92 Å². The number of carbonyl (C=O) groups is 1. The van der Waals surface area contributed by atoms with Crippen LogP contribution in [0.2, 0.25) is 5.02 Å². The summed E-state index contributed by atoms with van der Waals surface area (Å²) in [5, 5.41) is 7.39. The Hall–Kier alpha value is -4.36. The molecular formula is C26H19ClN4O3. The standard InChI is InChI=1S/C26H19ClN4O3/c1-15-23(30-26(31-24(15)32)29-20-12-8-18(27)9-13-20)16-6-10-19(11-7-16)28-25(33)22-14-17-4-2-3-5-21(17)34-22/h2-14H,1H3,(H,28,33)(H2,29,30,31,32). The summed E-state index contributed by atoms with van der Waals surface area (Å²) in [5.74, 6) is 0.203. The fourth-order valence-electron chi connectivity index (χ4n) is 3.54. The molecule has 168 valence electrons. The van der Waals surface area contributed by atoms with Gasteiger partial charge in [-0.1, -0.05) is 41.9 Å². The predicted molar refractivity (Wildman–Crippen MR) is 134 cm³/mol. The number of nitrogens with zero attached hydrogens (tertiary/aromatic N) is 1. The molecule has 0 radical (unpaired) electrons. The van der Waals surface area contributed by atoms with E-state index < -0.39 is 0 Å². The van der Waals surface area contributed by atoms with Crippen LogP contribution in [0.1, 0.15) is 16.1 Å². The van der Waals surface area contributed by atoms with E-state index in [2.05, 4.69) is 20.6 Å². The summed E-state index contributed by atoms with van der Waals surface area (Å²) in [7, 11) is 0. The number of hydrogen-bond acceptors (Lipinski definition) is 5. The highest BCUT2D eigenvalue weighted by atomic mass is 35.5. The number of anilines is 3. The largest absolute Gasteiger partial charge is 0.451 e. The fourth-order valence-corrected chi connectivity index (χ4v) is 3.67. The Bertz CT molecular complexity index is 1520. The van der Waals surface area contributed by atoms with Crippen molar-refractivity contribution in [1.29, 1.82) is 0 Å². The normalized spacial score (nSPS) is 10.9.